The van der Waals surface area contributed by atoms with Crippen LogP contribution in [0.25, 0.3) is 0 Å². The van der Waals surface area contributed by atoms with Crippen LogP contribution in [0.5, 0.6) is 0 Å². The molecule has 140 valence electrons. The van der Waals surface area contributed by atoms with Crippen molar-refractivity contribution in [1.29, 1.82) is 0 Å². The molecule has 1 aliphatic rings. The van der Waals surface area contributed by atoms with E-state index in [2.05, 4.69) is 10.3 Å². The number of hydrogen-bond acceptors (Lipinski definition) is 4. The number of hydrogen-bond donors (Lipinski definition) is 1. The highest BCUT2D eigenvalue weighted by atomic mass is 35.5. The zero-order chi connectivity index (χ0) is 18.8. The fourth-order valence-electron chi connectivity index (χ4n) is 2.95. The standard InChI is InChI=1S/C15H19ClF3N3O2S/c1-8-11(20-9(2)25-8)5-14(24)22-4-3-10(15(17,18)19)12(7-22)21-13(23)6-16/h10,12H,3-7H2,1-2H3,(H,21,23). The van der Waals surface area contributed by atoms with E-state index in [1.165, 1.54) is 16.2 Å². The molecule has 0 aliphatic carbocycles. The van der Waals surface area contributed by atoms with Gasteiger partial charge in [-0.05, 0) is 20.3 Å². The van der Waals surface area contributed by atoms with Gasteiger partial charge in [-0.3, -0.25) is 9.59 Å². The molecule has 1 saturated heterocycles. The molecule has 1 aromatic heterocycles. The van der Waals surface area contributed by atoms with Crippen molar-refractivity contribution in [2.75, 3.05) is 19.0 Å². The number of carbonyl (C=O) groups is 2. The zero-order valence-electron chi connectivity index (χ0n) is 13.8. The molecule has 1 N–H and O–H groups in total. The Hall–Kier alpha value is -1.35. The third-order valence-corrected chi connectivity index (χ3v) is 5.34. The third-order valence-electron chi connectivity index (χ3n) is 4.17. The average Bonchev–Trinajstić information content (AvgIpc) is 2.83. The maximum Gasteiger partial charge on any atom is 0.393 e. The summed E-state index contributed by atoms with van der Waals surface area (Å²) in [5, 5.41) is 3.13. The second-order valence-corrected chi connectivity index (χ2v) is 7.67. The van der Waals surface area contributed by atoms with Gasteiger partial charge in [0.25, 0.3) is 0 Å². The molecule has 0 saturated carbocycles. The van der Waals surface area contributed by atoms with Crippen molar-refractivity contribution in [3.63, 3.8) is 0 Å². The smallest absolute Gasteiger partial charge is 0.350 e. The molecule has 5 nitrogen and oxygen atoms in total. The van der Waals surface area contributed by atoms with Crippen LogP contribution in [0.15, 0.2) is 0 Å². The number of nitrogens with zero attached hydrogens (tertiary/aromatic N) is 2. The Morgan fingerprint density at radius 3 is 2.60 bits per heavy atom. The lowest BCUT2D eigenvalue weighted by Gasteiger charge is -2.39. The fraction of sp³-hybridized carbons (Fsp3) is 0.667. The molecule has 10 heteroatoms. The number of nitrogens with one attached hydrogen (secondary N) is 1. The first-order chi connectivity index (χ1) is 11.6. The first-order valence-electron chi connectivity index (χ1n) is 7.74. The Labute approximate surface area is 152 Å². The molecule has 2 amide bonds. The lowest BCUT2D eigenvalue weighted by molar-refractivity contribution is -0.194. The highest BCUT2D eigenvalue weighted by Crippen LogP contribution is 2.34. The summed E-state index contributed by atoms with van der Waals surface area (Å²) < 4.78 is 39.5. The number of halogens is 4. The topological polar surface area (TPSA) is 62.3 Å². The predicted molar refractivity (Wildman–Crippen MR) is 88.7 cm³/mol. The summed E-state index contributed by atoms with van der Waals surface area (Å²) in [6, 6.07) is -1.19. The Kier molecular flexibility index (Phi) is 6.31. The minimum Gasteiger partial charge on any atom is -0.350 e. The summed E-state index contributed by atoms with van der Waals surface area (Å²) in [6.07, 6.45) is -4.65. The van der Waals surface area contributed by atoms with E-state index in [9.17, 15) is 22.8 Å². The second kappa shape index (κ2) is 7.90. The number of carbonyl (C=O) groups excluding carboxylic acids is 2. The van der Waals surface area contributed by atoms with E-state index in [-0.39, 0.29) is 31.8 Å². The molecule has 0 bridgehead atoms. The molecular weight excluding hydrogens is 379 g/mol. The van der Waals surface area contributed by atoms with Gasteiger partial charge >= 0.3 is 6.18 Å². The van der Waals surface area contributed by atoms with Crippen molar-refractivity contribution in [1.82, 2.24) is 15.2 Å². The molecule has 0 radical (unpaired) electrons. The molecule has 1 aliphatic heterocycles. The molecule has 2 heterocycles. The van der Waals surface area contributed by atoms with Crippen molar-refractivity contribution >= 4 is 34.8 Å². The Morgan fingerprint density at radius 2 is 2.08 bits per heavy atom. The summed E-state index contributed by atoms with van der Waals surface area (Å²) in [4.78, 5) is 30.5. The maximum atomic E-state index is 13.2. The number of piperidine rings is 1. The summed E-state index contributed by atoms with van der Waals surface area (Å²) in [6.45, 7) is 3.50. The number of aryl methyl sites for hydroxylation is 2. The average molecular weight is 398 g/mol. The van der Waals surface area contributed by atoms with Crippen molar-refractivity contribution in [3.05, 3.63) is 15.6 Å². The molecule has 1 aromatic rings. The number of likely N-dealkylation sites (tertiary alicyclic amines) is 1. The van der Waals surface area contributed by atoms with E-state index < -0.39 is 29.9 Å². The van der Waals surface area contributed by atoms with Gasteiger partial charge in [-0.1, -0.05) is 0 Å². The number of amides is 2. The molecule has 1 fully saturated rings. The van der Waals surface area contributed by atoms with E-state index in [1.807, 2.05) is 13.8 Å². The van der Waals surface area contributed by atoms with Gasteiger partial charge in [0.15, 0.2) is 0 Å². The van der Waals surface area contributed by atoms with Gasteiger partial charge in [0.05, 0.1) is 29.1 Å². The van der Waals surface area contributed by atoms with Gasteiger partial charge in [0.2, 0.25) is 11.8 Å². The van der Waals surface area contributed by atoms with E-state index in [0.29, 0.717) is 5.69 Å². The Bertz CT molecular complexity index is 650. The van der Waals surface area contributed by atoms with Crippen molar-refractivity contribution in [2.45, 2.75) is 38.9 Å². The predicted octanol–water partition coefficient (Wildman–Crippen LogP) is 2.44. The summed E-state index contributed by atoms with van der Waals surface area (Å²) in [7, 11) is 0. The number of aromatic nitrogens is 1. The highest BCUT2D eigenvalue weighted by Gasteiger charge is 2.48. The molecular formula is C15H19ClF3N3O2S. The quantitative estimate of drug-likeness (QED) is 0.794. The normalized spacial score (nSPS) is 21.3. The van der Waals surface area contributed by atoms with Crippen molar-refractivity contribution in [2.24, 2.45) is 5.92 Å². The van der Waals surface area contributed by atoms with Crippen LogP contribution in [0.4, 0.5) is 13.2 Å². The minimum absolute atomic E-state index is 0.00157. The Balaban J connectivity index is 2.08. The third kappa shape index (κ3) is 5.07. The molecule has 0 spiro atoms. The van der Waals surface area contributed by atoms with E-state index in [0.717, 1.165) is 9.88 Å². The van der Waals surface area contributed by atoms with Gasteiger partial charge < -0.3 is 10.2 Å². The van der Waals surface area contributed by atoms with Gasteiger partial charge in [-0.15, -0.1) is 22.9 Å². The first-order valence-corrected chi connectivity index (χ1v) is 9.09. The SMILES string of the molecule is Cc1nc(CC(=O)N2CCC(C(F)(F)F)C(NC(=O)CCl)C2)c(C)s1. The van der Waals surface area contributed by atoms with Crippen LogP contribution in [-0.4, -0.2) is 52.9 Å². The van der Waals surface area contributed by atoms with E-state index in [1.54, 1.807) is 0 Å². The second-order valence-electron chi connectivity index (χ2n) is 6.00. The van der Waals surface area contributed by atoms with Gasteiger partial charge in [0.1, 0.15) is 5.88 Å². The first kappa shape index (κ1) is 20.0. The number of rotatable bonds is 4. The number of alkyl halides is 4. The van der Waals surface area contributed by atoms with E-state index in [4.69, 9.17) is 11.6 Å². The van der Waals surface area contributed by atoms with Crippen LogP contribution in [-0.2, 0) is 16.0 Å². The largest absolute Gasteiger partial charge is 0.393 e. The van der Waals surface area contributed by atoms with Crippen LogP contribution in [0.3, 0.4) is 0 Å². The van der Waals surface area contributed by atoms with Crippen LogP contribution in [0.1, 0.15) is 22.0 Å². The monoisotopic (exact) mass is 397 g/mol. The fourth-order valence-corrected chi connectivity index (χ4v) is 3.86. The molecule has 2 rings (SSSR count). The van der Waals surface area contributed by atoms with Gasteiger partial charge in [-0.2, -0.15) is 13.2 Å². The summed E-state index contributed by atoms with van der Waals surface area (Å²) >= 11 is 6.85. The molecule has 0 aromatic carbocycles. The van der Waals surface area contributed by atoms with Gasteiger partial charge in [-0.25, -0.2) is 4.98 Å². The van der Waals surface area contributed by atoms with Crippen LogP contribution in [0.2, 0.25) is 0 Å². The summed E-state index contributed by atoms with van der Waals surface area (Å²) in [5.41, 5.74) is 0.645. The number of thiazole rings is 1. The minimum atomic E-state index is -4.44. The highest BCUT2D eigenvalue weighted by molar-refractivity contribution is 7.11. The van der Waals surface area contributed by atoms with Crippen molar-refractivity contribution in [3.8, 4) is 0 Å². The van der Waals surface area contributed by atoms with Crippen LogP contribution < -0.4 is 5.32 Å². The lowest BCUT2D eigenvalue weighted by Crippen LogP contribution is -2.58. The van der Waals surface area contributed by atoms with E-state index >= 15 is 0 Å². The molecule has 25 heavy (non-hydrogen) atoms. The van der Waals surface area contributed by atoms with Crippen LogP contribution in [0, 0.1) is 19.8 Å². The lowest BCUT2D eigenvalue weighted by atomic mass is 9.90. The summed E-state index contributed by atoms with van der Waals surface area (Å²) in [5.74, 6) is -3.08. The molecule has 2 unspecified atom stereocenters. The van der Waals surface area contributed by atoms with Crippen molar-refractivity contribution < 1.29 is 22.8 Å². The zero-order valence-corrected chi connectivity index (χ0v) is 15.4. The molecule has 2 atom stereocenters. The van der Waals surface area contributed by atoms with Crippen LogP contribution >= 0.6 is 22.9 Å². The maximum absolute atomic E-state index is 13.2. The Morgan fingerprint density at radius 1 is 1.40 bits per heavy atom. The van der Waals surface area contributed by atoms with Gasteiger partial charge in [0, 0.05) is 18.0 Å².